The van der Waals surface area contributed by atoms with Crippen molar-refractivity contribution in [3.8, 4) is 0 Å². The Morgan fingerprint density at radius 2 is 1.87 bits per heavy atom. The summed E-state index contributed by atoms with van der Waals surface area (Å²) < 4.78 is 25.5. The summed E-state index contributed by atoms with van der Waals surface area (Å²) in [6.07, 6.45) is 0.756. The molecule has 0 aliphatic carbocycles. The molecule has 0 unspecified atom stereocenters. The zero-order chi connectivity index (χ0) is 11.3. The van der Waals surface area contributed by atoms with Gasteiger partial charge in [0.2, 0.25) is 0 Å². The maximum absolute atomic E-state index is 12.8. The molecular weight excluding hydrogens is 210 g/mol. The third-order valence-electron chi connectivity index (χ3n) is 3.91. The average Bonchev–Trinajstić information content (AvgIpc) is 2.18. The van der Waals surface area contributed by atoms with Crippen molar-refractivity contribution >= 4 is 12.4 Å². The molecule has 0 radical (unpaired) electrons. The Hall–Kier alpha value is -0.620. The minimum absolute atomic E-state index is 0.134. The predicted octanol–water partition coefficient (Wildman–Crippen LogP) is 3.24. The van der Waals surface area contributed by atoms with Gasteiger partial charge in [0.1, 0.15) is 13.0 Å². The van der Waals surface area contributed by atoms with Gasteiger partial charge in [-0.3, -0.25) is 0 Å². The van der Waals surface area contributed by atoms with E-state index in [9.17, 15) is 8.96 Å². The fourth-order valence-corrected chi connectivity index (χ4v) is 5.89. The lowest BCUT2D eigenvalue weighted by Gasteiger charge is -2.50. The van der Waals surface area contributed by atoms with Crippen molar-refractivity contribution in [2.75, 3.05) is 6.16 Å². The van der Waals surface area contributed by atoms with Crippen LogP contribution >= 0.6 is 7.14 Å². The summed E-state index contributed by atoms with van der Waals surface area (Å²) in [7, 11) is -2.29. The average molecular weight is 226 g/mol. The normalized spacial score (nSPS) is 33.5. The van der Waals surface area contributed by atoms with E-state index in [2.05, 4.69) is 6.92 Å². The van der Waals surface area contributed by atoms with Crippen molar-refractivity contribution in [2.24, 2.45) is 5.92 Å². The van der Waals surface area contributed by atoms with E-state index in [1.165, 1.54) is 12.1 Å². The molecule has 1 aromatic carbocycles. The first-order valence-corrected chi connectivity index (χ1v) is 7.12. The quantitative estimate of drug-likeness (QED) is 0.672. The highest BCUT2D eigenvalue weighted by molar-refractivity contribution is 7.74. The fourth-order valence-electron chi connectivity index (χ4n) is 2.21. The van der Waals surface area contributed by atoms with E-state index in [4.69, 9.17) is 0 Å². The first-order chi connectivity index (χ1) is 6.88. The second kappa shape index (κ2) is 3.18. The molecule has 2 rings (SSSR count). The van der Waals surface area contributed by atoms with Gasteiger partial charge >= 0.3 is 0 Å². The second-order valence-electron chi connectivity index (χ2n) is 4.95. The molecule has 1 nitrogen and oxygen atoms in total. The van der Waals surface area contributed by atoms with Crippen LogP contribution in [-0.4, -0.2) is 11.3 Å². The maximum Gasteiger partial charge on any atom is 0.123 e. The third kappa shape index (κ3) is 1.38. The smallest absolute Gasteiger partial charge is 0.123 e. The van der Waals surface area contributed by atoms with Gasteiger partial charge in [0.05, 0.1) is 0 Å². The Kier molecular flexibility index (Phi) is 2.31. The van der Waals surface area contributed by atoms with Gasteiger partial charge in [-0.05, 0) is 30.2 Å². The Balaban J connectivity index is 2.41. The Morgan fingerprint density at radius 3 is 2.27 bits per heavy atom. The van der Waals surface area contributed by atoms with Crippen LogP contribution < -0.4 is 5.30 Å². The van der Waals surface area contributed by atoms with Crippen molar-refractivity contribution in [1.82, 2.24) is 0 Å². The van der Waals surface area contributed by atoms with Crippen LogP contribution in [-0.2, 0) is 4.57 Å². The fraction of sp³-hybridized carbons (Fsp3) is 0.500. The topological polar surface area (TPSA) is 17.1 Å². The van der Waals surface area contributed by atoms with E-state index < -0.39 is 7.14 Å². The monoisotopic (exact) mass is 226 g/mol. The van der Waals surface area contributed by atoms with Crippen molar-refractivity contribution in [3.05, 3.63) is 30.1 Å². The largest absolute Gasteiger partial charge is 0.318 e. The van der Waals surface area contributed by atoms with Crippen LogP contribution in [0.15, 0.2) is 24.3 Å². The van der Waals surface area contributed by atoms with E-state index in [0.717, 1.165) is 11.5 Å². The summed E-state index contributed by atoms with van der Waals surface area (Å²) in [4.78, 5) is 0. The van der Waals surface area contributed by atoms with Gasteiger partial charge < -0.3 is 4.57 Å². The van der Waals surface area contributed by atoms with Crippen molar-refractivity contribution < 1.29 is 8.96 Å². The van der Waals surface area contributed by atoms with Gasteiger partial charge in [-0.15, -0.1) is 0 Å². The highest BCUT2D eigenvalue weighted by Crippen LogP contribution is 2.70. The highest BCUT2D eigenvalue weighted by Gasteiger charge is 2.55. The molecule has 1 aliphatic heterocycles. The van der Waals surface area contributed by atoms with Crippen LogP contribution in [0.3, 0.4) is 0 Å². The van der Waals surface area contributed by atoms with Gasteiger partial charge in [0, 0.05) is 16.6 Å². The first kappa shape index (κ1) is 10.9. The van der Waals surface area contributed by atoms with E-state index in [0.29, 0.717) is 5.92 Å². The predicted molar refractivity (Wildman–Crippen MR) is 61.8 cm³/mol. The van der Waals surface area contributed by atoms with Gasteiger partial charge in [-0.1, -0.05) is 20.8 Å². The van der Waals surface area contributed by atoms with Crippen molar-refractivity contribution in [1.29, 1.82) is 0 Å². The van der Waals surface area contributed by atoms with Crippen LogP contribution in [0.5, 0.6) is 0 Å². The zero-order valence-electron chi connectivity index (χ0n) is 9.33. The minimum Gasteiger partial charge on any atom is -0.318 e. The first-order valence-electron chi connectivity index (χ1n) is 5.23. The Morgan fingerprint density at radius 1 is 1.33 bits per heavy atom. The van der Waals surface area contributed by atoms with Crippen LogP contribution in [0.25, 0.3) is 0 Å². The molecule has 0 bridgehead atoms. The molecule has 82 valence electrons. The maximum atomic E-state index is 12.8. The standard InChI is InChI=1S/C12H16FOP/c1-9-8-15(14,12(9,2)3)11-6-4-10(13)5-7-11/h4-7,9H,8H2,1-3H3/t9-,15+/m1/s1. The van der Waals surface area contributed by atoms with E-state index in [1.54, 1.807) is 12.1 Å². The van der Waals surface area contributed by atoms with Crippen molar-refractivity contribution in [3.63, 3.8) is 0 Å². The second-order valence-corrected chi connectivity index (χ2v) is 8.47. The van der Waals surface area contributed by atoms with Crippen molar-refractivity contribution in [2.45, 2.75) is 25.9 Å². The van der Waals surface area contributed by atoms with Crippen LogP contribution in [0.4, 0.5) is 4.39 Å². The molecular formula is C12H16FOP. The number of hydrogen-bond donors (Lipinski definition) is 0. The molecule has 15 heavy (non-hydrogen) atoms. The summed E-state index contributed by atoms with van der Waals surface area (Å²) in [6.45, 7) is 6.22. The van der Waals surface area contributed by atoms with Gasteiger partial charge in [0.15, 0.2) is 0 Å². The molecule has 0 aromatic heterocycles. The lowest BCUT2D eigenvalue weighted by Crippen LogP contribution is -2.47. The van der Waals surface area contributed by atoms with E-state index >= 15 is 0 Å². The van der Waals surface area contributed by atoms with Gasteiger partial charge in [-0.25, -0.2) is 4.39 Å². The highest BCUT2D eigenvalue weighted by atomic mass is 31.2. The number of halogens is 1. The summed E-state index contributed by atoms with van der Waals surface area (Å²) in [5.74, 6) is 0.213. The molecule has 1 heterocycles. The van der Waals surface area contributed by atoms with Gasteiger partial charge in [-0.2, -0.15) is 0 Å². The van der Waals surface area contributed by atoms with Crippen LogP contribution in [0, 0.1) is 11.7 Å². The number of rotatable bonds is 1. The molecule has 1 aliphatic rings. The molecule has 1 fully saturated rings. The summed E-state index contributed by atoms with van der Waals surface area (Å²) >= 11 is 0. The molecule has 2 atom stereocenters. The molecule has 1 saturated heterocycles. The molecule has 3 heteroatoms. The van der Waals surface area contributed by atoms with Crippen LogP contribution in [0.1, 0.15) is 20.8 Å². The number of hydrogen-bond acceptors (Lipinski definition) is 1. The lowest BCUT2D eigenvalue weighted by molar-refractivity contribution is 0.403. The van der Waals surface area contributed by atoms with E-state index in [1.807, 2.05) is 13.8 Å². The SMILES string of the molecule is C[C@@H]1C[P@](=O)(c2ccc(F)cc2)C1(C)C. The summed E-state index contributed by atoms with van der Waals surface area (Å²) in [6, 6.07) is 6.13. The molecule has 0 spiro atoms. The molecule has 1 aromatic rings. The van der Waals surface area contributed by atoms with Crippen LogP contribution in [0.2, 0.25) is 0 Å². The summed E-state index contributed by atoms with van der Waals surface area (Å²) in [5.41, 5.74) is 0. The number of benzene rings is 1. The summed E-state index contributed by atoms with van der Waals surface area (Å²) in [5, 5.41) is 0.692. The Labute approximate surface area is 90.1 Å². The lowest BCUT2D eigenvalue weighted by atomic mass is 9.97. The van der Waals surface area contributed by atoms with E-state index in [-0.39, 0.29) is 11.0 Å². The molecule has 0 N–H and O–H groups in total. The Bertz CT molecular complexity index is 422. The van der Waals surface area contributed by atoms with Gasteiger partial charge in [0.25, 0.3) is 0 Å². The minimum atomic E-state index is -2.29. The molecule has 0 amide bonds. The zero-order valence-corrected chi connectivity index (χ0v) is 10.2. The molecule has 0 saturated carbocycles. The third-order valence-corrected chi connectivity index (χ3v) is 8.41.